The number of nitrogens with two attached hydrogens (primary N) is 1. The molecule has 0 aliphatic heterocycles. The van der Waals surface area contributed by atoms with Crippen molar-refractivity contribution in [2.24, 2.45) is 11.1 Å². The van der Waals surface area contributed by atoms with Gasteiger partial charge in [-0.15, -0.1) is 0 Å². The Labute approximate surface area is 87.6 Å². The summed E-state index contributed by atoms with van der Waals surface area (Å²) in [5.74, 6) is 0. The van der Waals surface area contributed by atoms with Crippen LogP contribution >= 0.6 is 0 Å². The molecule has 2 fully saturated rings. The summed E-state index contributed by atoms with van der Waals surface area (Å²) in [5.41, 5.74) is 7.10. The van der Waals surface area contributed by atoms with Crippen LogP contribution in [0.15, 0.2) is 0 Å². The summed E-state index contributed by atoms with van der Waals surface area (Å²) in [6, 6.07) is 0. The van der Waals surface area contributed by atoms with Gasteiger partial charge in [-0.1, -0.05) is 19.8 Å². The molecule has 0 radical (unpaired) electrons. The lowest BCUT2D eigenvalue weighted by atomic mass is 9.95. The minimum absolute atomic E-state index is 0.178. The first-order valence-corrected chi connectivity index (χ1v) is 6.12. The standard InChI is InChI=1S/C12H24N2/c1-11(6-7-11)10-14-9-8-12(13)4-2-3-5-12/h14H,2-10,13H2,1H3. The zero-order chi connectivity index (χ0) is 10.1. The van der Waals surface area contributed by atoms with Crippen LogP contribution in [0.1, 0.15) is 51.9 Å². The smallest absolute Gasteiger partial charge is 0.0166 e. The minimum Gasteiger partial charge on any atom is -0.325 e. The fourth-order valence-corrected chi connectivity index (χ4v) is 2.45. The Kier molecular flexibility index (Phi) is 2.85. The van der Waals surface area contributed by atoms with Crippen molar-refractivity contribution in [3.05, 3.63) is 0 Å². The van der Waals surface area contributed by atoms with Gasteiger partial charge in [0.05, 0.1) is 0 Å². The molecule has 2 nitrogen and oxygen atoms in total. The van der Waals surface area contributed by atoms with Gasteiger partial charge in [-0.3, -0.25) is 0 Å². The molecule has 0 atom stereocenters. The molecule has 2 aliphatic rings. The summed E-state index contributed by atoms with van der Waals surface area (Å²) in [5, 5.41) is 3.56. The highest BCUT2D eigenvalue weighted by molar-refractivity contribution is 4.92. The summed E-state index contributed by atoms with van der Waals surface area (Å²) in [4.78, 5) is 0. The predicted octanol–water partition coefficient (Wildman–Crippen LogP) is 2.04. The van der Waals surface area contributed by atoms with E-state index in [9.17, 15) is 0 Å². The first kappa shape index (κ1) is 10.4. The molecular formula is C12H24N2. The molecule has 3 N–H and O–H groups in total. The van der Waals surface area contributed by atoms with Gasteiger partial charge in [-0.2, -0.15) is 0 Å². The van der Waals surface area contributed by atoms with Gasteiger partial charge in [0.2, 0.25) is 0 Å². The zero-order valence-corrected chi connectivity index (χ0v) is 9.44. The van der Waals surface area contributed by atoms with Crippen LogP contribution in [0.5, 0.6) is 0 Å². The van der Waals surface area contributed by atoms with E-state index < -0.39 is 0 Å². The normalized spacial score (nSPS) is 27.9. The maximum Gasteiger partial charge on any atom is 0.0166 e. The van der Waals surface area contributed by atoms with Crippen molar-refractivity contribution in [3.8, 4) is 0 Å². The van der Waals surface area contributed by atoms with Gasteiger partial charge in [-0.05, 0) is 44.1 Å². The van der Waals surface area contributed by atoms with Crippen LogP contribution in [0.3, 0.4) is 0 Å². The molecule has 2 rings (SSSR count). The molecule has 2 saturated carbocycles. The average molecular weight is 196 g/mol. The lowest BCUT2D eigenvalue weighted by Crippen LogP contribution is -2.40. The molecule has 0 aromatic carbocycles. The Morgan fingerprint density at radius 1 is 1.14 bits per heavy atom. The second kappa shape index (κ2) is 3.82. The summed E-state index contributed by atoms with van der Waals surface area (Å²) in [7, 11) is 0. The van der Waals surface area contributed by atoms with E-state index in [1.165, 1.54) is 51.5 Å². The van der Waals surface area contributed by atoms with Crippen molar-refractivity contribution in [1.29, 1.82) is 0 Å². The predicted molar refractivity (Wildman–Crippen MR) is 60.2 cm³/mol. The third-order valence-corrected chi connectivity index (χ3v) is 4.05. The maximum atomic E-state index is 6.28. The molecular weight excluding hydrogens is 172 g/mol. The first-order chi connectivity index (χ1) is 6.62. The van der Waals surface area contributed by atoms with Crippen LogP contribution in [0.4, 0.5) is 0 Å². The quantitative estimate of drug-likeness (QED) is 0.660. The second-order valence-electron chi connectivity index (χ2n) is 5.81. The zero-order valence-electron chi connectivity index (χ0n) is 9.44. The highest BCUT2D eigenvalue weighted by Crippen LogP contribution is 2.44. The van der Waals surface area contributed by atoms with Crippen molar-refractivity contribution in [2.45, 2.75) is 57.4 Å². The van der Waals surface area contributed by atoms with E-state index in [1.54, 1.807) is 0 Å². The van der Waals surface area contributed by atoms with Crippen molar-refractivity contribution >= 4 is 0 Å². The van der Waals surface area contributed by atoms with Gasteiger partial charge in [-0.25, -0.2) is 0 Å². The number of hydrogen-bond donors (Lipinski definition) is 2. The summed E-state index contributed by atoms with van der Waals surface area (Å²) >= 11 is 0. The Morgan fingerprint density at radius 3 is 2.36 bits per heavy atom. The van der Waals surface area contributed by atoms with Crippen LogP contribution in [-0.2, 0) is 0 Å². The second-order valence-corrected chi connectivity index (χ2v) is 5.81. The molecule has 0 aromatic heterocycles. The Balaban J connectivity index is 1.58. The Morgan fingerprint density at radius 2 is 1.79 bits per heavy atom. The average Bonchev–Trinajstić information content (AvgIpc) is 2.71. The monoisotopic (exact) mass is 196 g/mol. The molecule has 0 aromatic rings. The molecule has 2 heteroatoms. The van der Waals surface area contributed by atoms with E-state index in [0.29, 0.717) is 5.41 Å². The van der Waals surface area contributed by atoms with Crippen LogP contribution < -0.4 is 11.1 Å². The third-order valence-electron chi connectivity index (χ3n) is 4.05. The van der Waals surface area contributed by atoms with Crippen molar-refractivity contribution < 1.29 is 0 Å². The molecule has 0 heterocycles. The van der Waals surface area contributed by atoms with E-state index in [1.807, 2.05) is 0 Å². The molecule has 2 aliphatic carbocycles. The van der Waals surface area contributed by atoms with Crippen molar-refractivity contribution in [2.75, 3.05) is 13.1 Å². The fraction of sp³-hybridized carbons (Fsp3) is 1.00. The minimum atomic E-state index is 0.178. The largest absolute Gasteiger partial charge is 0.325 e. The van der Waals surface area contributed by atoms with Crippen LogP contribution in [-0.4, -0.2) is 18.6 Å². The molecule has 0 saturated heterocycles. The van der Waals surface area contributed by atoms with E-state index in [2.05, 4.69) is 12.2 Å². The van der Waals surface area contributed by atoms with Gasteiger partial charge < -0.3 is 11.1 Å². The SMILES string of the molecule is CC1(CNCCC2(N)CCCC2)CC1. The molecule has 0 amide bonds. The summed E-state index contributed by atoms with van der Waals surface area (Å²) in [6.45, 7) is 4.68. The summed E-state index contributed by atoms with van der Waals surface area (Å²) in [6.07, 6.45) is 9.16. The van der Waals surface area contributed by atoms with Gasteiger partial charge in [0.1, 0.15) is 0 Å². The van der Waals surface area contributed by atoms with Crippen molar-refractivity contribution in [3.63, 3.8) is 0 Å². The Hall–Kier alpha value is -0.0800. The molecule has 82 valence electrons. The lowest BCUT2D eigenvalue weighted by Gasteiger charge is -2.24. The summed E-state index contributed by atoms with van der Waals surface area (Å²) < 4.78 is 0. The topological polar surface area (TPSA) is 38.0 Å². The van der Waals surface area contributed by atoms with Gasteiger partial charge in [0.15, 0.2) is 0 Å². The maximum absolute atomic E-state index is 6.28. The van der Waals surface area contributed by atoms with Gasteiger partial charge >= 0.3 is 0 Å². The third kappa shape index (κ3) is 2.71. The van der Waals surface area contributed by atoms with E-state index in [0.717, 1.165) is 6.54 Å². The van der Waals surface area contributed by atoms with E-state index in [-0.39, 0.29) is 5.54 Å². The van der Waals surface area contributed by atoms with Gasteiger partial charge in [0.25, 0.3) is 0 Å². The van der Waals surface area contributed by atoms with E-state index >= 15 is 0 Å². The molecule has 0 unspecified atom stereocenters. The first-order valence-electron chi connectivity index (χ1n) is 6.12. The highest BCUT2D eigenvalue weighted by atomic mass is 14.9. The van der Waals surface area contributed by atoms with Crippen LogP contribution in [0, 0.1) is 5.41 Å². The number of hydrogen-bond acceptors (Lipinski definition) is 2. The number of rotatable bonds is 5. The molecule has 0 bridgehead atoms. The molecule has 14 heavy (non-hydrogen) atoms. The van der Waals surface area contributed by atoms with Crippen molar-refractivity contribution in [1.82, 2.24) is 5.32 Å². The van der Waals surface area contributed by atoms with Gasteiger partial charge in [0, 0.05) is 12.1 Å². The number of nitrogens with one attached hydrogen (secondary N) is 1. The lowest BCUT2D eigenvalue weighted by molar-refractivity contribution is 0.382. The van der Waals surface area contributed by atoms with Crippen LogP contribution in [0.25, 0.3) is 0 Å². The highest BCUT2D eigenvalue weighted by Gasteiger charge is 2.36. The Bertz CT molecular complexity index is 190. The van der Waals surface area contributed by atoms with Crippen LogP contribution in [0.2, 0.25) is 0 Å². The molecule has 0 spiro atoms. The fourth-order valence-electron chi connectivity index (χ4n) is 2.45. The van der Waals surface area contributed by atoms with E-state index in [4.69, 9.17) is 5.73 Å².